The van der Waals surface area contributed by atoms with Crippen molar-refractivity contribution in [3.8, 4) is 16.2 Å². The van der Waals surface area contributed by atoms with E-state index in [0.29, 0.717) is 12.3 Å². The number of hydrogen-bond acceptors (Lipinski definition) is 6. The molecule has 4 rings (SSSR count). The first kappa shape index (κ1) is 20.4. The zero-order chi connectivity index (χ0) is 20.9. The molecule has 2 heterocycles. The third kappa shape index (κ3) is 4.47. The summed E-state index contributed by atoms with van der Waals surface area (Å²) in [6, 6.07) is 20.1. The summed E-state index contributed by atoms with van der Waals surface area (Å²) in [6.45, 7) is 0.499. The highest BCUT2D eigenvalue weighted by Crippen LogP contribution is 2.36. The van der Waals surface area contributed by atoms with Gasteiger partial charge in [-0.25, -0.2) is 9.97 Å². The van der Waals surface area contributed by atoms with Crippen LogP contribution in [0.5, 0.6) is 5.75 Å². The summed E-state index contributed by atoms with van der Waals surface area (Å²) in [5, 5.41) is 1.82. The van der Waals surface area contributed by atoms with Crippen molar-refractivity contribution in [3.05, 3.63) is 72.6 Å². The van der Waals surface area contributed by atoms with Crippen molar-refractivity contribution in [2.24, 2.45) is 0 Å². The van der Waals surface area contributed by atoms with Gasteiger partial charge in [0.1, 0.15) is 21.9 Å². The number of thiophene rings is 1. The molecule has 1 amide bonds. The van der Waals surface area contributed by atoms with Gasteiger partial charge < -0.3 is 9.64 Å². The SMILES string of the molecule is COc1ccccc1CN(C)C(=O)CSc1ncnc2sc(-c3ccccc3)cc12. The van der Waals surface area contributed by atoms with Crippen LogP contribution in [0.3, 0.4) is 0 Å². The Morgan fingerprint density at radius 2 is 1.87 bits per heavy atom. The van der Waals surface area contributed by atoms with Gasteiger partial charge in [-0.15, -0.1) is 11.3 Å². The summed E-state index contributed by atoms with van der Waals surface area (Å²) < 4.78 is 5.38. The van der Waals surface area contributed by atoms with Gasteiger partial charge in [0.2, 0.25) is 5.91 Å². The fraction of sp³-hybridized carbons (Fsp3) is 0.174. The average Bonchev–Trinajstić information content (AvgIpc) is 3.23. The van der Waals surface area contributed by atoms with Crippen LogP contribution in [0.25, 0.3) is 20.7 Å². The van der Waals surface area contributed by atoms with Gasteiger partial charge in [0.15, 0.2) is 0 Å². The summed E-state index contributed by atoms with van der Waals surface area (Å²) in [6.07, 6.45) is 1.57. The van der Waals surface area contributed by atoms with E-state index in [1.54, 1.807) is 29.7 Å². The number of carbonyl (C=O) groups is 1. The Hall–Kier alpha value is -2.90. The molecular formula is C23H21N3O2S2. The van der Waals surface area contributed by atoms with Gasteiger partial charge in [-0.05, 0) is 17.7 Å². The number of para-hydroxylation sites is 1. The van der Waals surface area contributed by atoms with E-state index in [2.05, 4.69) is 28.2 Å². The van der Waals surface area contributed by atoms with Crippen molar-refractivity contribution in [1.29, 1.82) is 0 Å². The monoisotopic (exact) mass is 435 g/mol. The van der Waals surface area contributed by atoms with Gasteiger partial charge >= 0.3 is 0 Å². The lowest BCUT2D eigenvalue weighted by molar-refractivity contribution is -0.127. The lowest BCUT2D eigenvalue weighted by atomic mass is 10.2. The minimum Gasteiger partial charge on any atom is -0.496 e. The van der Waals surface area contributed by atoms with Gasteiger partial charge in [0.25, 0.3) is 0 Å². The summed E-state index contributed by atoms with van der Waals surface area (Å²) in [7, 11) is 3.45. The van der Waals surface area contributed by atoms with Gasteiger partial charge in [0, 0.05) is 29.4 Å². The normalized spacial score (nSPS) is 10.9. The summed E-state index contributed by atoms with van der Waals surface area (Å²) >= 11 is 3.09. The molecule has 0 fully saturated rings. The number of benzene rings is 2. The van der Waals surface area contributed by atoms with Crippen LogP contribution in [0.2, 0.25) is 0 Å². The van der Waals surface area contributed by atoms with Crippen molar-refractivity contribution in [2.45, 2.75) is 11.6 Å². The molecule has 0 radical (unpaired) electrons. The molecule has 152 valence electrons. The van der Waals surface area contributed by atoms with E-state index in [4.69, 9.17) is 4.74 Å². The van der Waals surface area contributed by atoms with E-state index in [0.717, 1.165) is 37.0 Å². The molecule has 2 aromatic carbocycles. The van der Waals surface area contributed by atoms with Crippen LogP contribution in [0.4, 0.5) is 0 Å². The number of nitrogens with zero attached hydrogens (tertiary/aromatic N) is 3. The number of ether oxygens (including phenoxy) is 1. The maximum absolute atomic E-state index is 12.7. The quantitative estimate of drug-likeness (QED) is 0.298. The van der Waals surface area contributed by atoms with E-state index in [1.807, 2.05) is 49.5 Å². The maximum atomic E-state index is 12.7. The van der Waals surface area contributed by atoms with E-state index in [9.17, 15) is 4.79 Å². The van der Waals surface area contributed by atoms with Crippen LogP contribution in [0.15, 0.2) is 72.0 Å². The largest absolute Gasteiger partial charge is 0.496 e. The second kappa shape index (κ2) is 9.28. The van der Waals surface area contributed by atoms with E-state index in [-0.39, 0.29) is 5.91 Å². The number of hydrogen-bond donors (Lipinski definition) is 0. The minimum atomic E-state index is 0.0381. The number of methoxy groups -OCH3 is 1. The molecule has 0 spiro atoms. The molecule has 30 heavy (non-hydrogen) atoms. The first-order valence-electron chi connectivity index (χ1n) is 9.44. The number of rotatable bonds is 7. The Bertz CT molecular complexity index is 1160. The van der Waals surface area contributed by atoms with Crippen molar-refractivity contribution < 1.29 is 9.53 Å². The van der Waals surface area contributed by atoms with Crippen LogP contribution in [-0.4, -0.2) is 40.7 Å². The molecule has 5 nitrogen and oxygen atoms in total. The van der Waals surface area contributed by atoms with E-state index in [1.165, 1.54) is 11.8 Å². The van der Waals surface area contributed by atoms with Gasteiger partial charge in [0.05, 0.1) is 12.9 Å². The molecule has 0 N–H and O–H groups in total. The van der Waals surface area contributed by atoms with Crippen LogP contribution in [-0.2, 0) is 11.3 Å². The fourth-order valence-electron chi connectivity index (χ4n) is 3.11. The molecular weight excluding hydrogens is 414 g/mol. The van der Waals surface area contributed by atoms with Crippen LogP contribution in [0.1, 0.15) is 5.56 Å². The first-order chi connectivity index (χ1) is 14.7. The molecule has 2 aromatic heterocycles. The first-order valence-corrected chi connectivity index (χ1v) is 11.2. The second-order valence-corrected chi connectivity index (χ2v) is 8.72. The minimum absolute atomic E-state index is 0.0381. The number of fused-ring (bicyclic) bond motifs is 1. The summed E-state index contributed by atoms with van der Waals surface area (Å²) in [4.78, 5) is 25.3. The molecule has 0 atom stereocenters. The Labute approximate surface area is 183 Å². The zero-order valence-corrected chi connectivity index (χ0v) is 18.4. The van der Waals surface area contributed by atoms with E-state index < -0.39 is 0 Å². The van der Waals surface area contributed by atoms with Crippen molar-refractivity contribution in [1.82, 2.24) is 14.9 Å². The molecule has 0 bridgehead atoms. The van der Waals surface area contributed by atoms with E-state index >= 15 is 0 Å². The zero-order valence-electron chi connectivity index (χ0n) is 16.7. The third-order valence-electron chi connectivity index (χ3n) is 4.71. The standard InChI is InChI=1S/C23H21N3O2S2/c1-26(13-17-10-6-7-11-19(17)28-2)21(27)14-29-22-18-12-20(16-8-4-3-5-9-16)30-23(18)25-15-24-22/h3-12,15H,13-14H2,1-2H3. The van der Waals surface area contributed by atoms with Gasteiger partial charge in [-0.1, -0.05) is 60.3 Å². The number of carbonyl (C=O) groups excluding carboxylic acids is 1. The summed E-state index contributed by atoms with van der Waals surface area (Å²) in [5.41, 5.74) is 2.14. The van der Waals surface area contributed by atoms with Crippen molar-refractivity contribution in [3.63, 3.8) is 0 Å². The topological polar surface area (TPSA) is 55.3 Å². The lowest BCUT2D eigenvalue weighted by Gasteiger charge is -2.18. The maximum Gasteiger partial charge on any atom is 0.233 e. The highest BCUT2D eigenvalue weighted by molar-refractivity contribution is 8.00. The smallest absolute Gasteiger partial charge is 0.233 e. The Morgan fingerprint density at radius 1 is 1.10 bits per heavy atom. The lowest BCUT2D eigenvalue weighted by Crippen LogP contribution is -2.28. The number of aromatic nitrogens is 2. The third-order valence-corrected chi connectivity index (χ3v) is 6.79. The molecule has 0 aliphatic rings. The van der Waals surface area contributed by atoms with Crippen LogP contribution >= 0.6 is 23.1 Å². The molecule has 0 unspecified atom stereocenters. The number of thioether (sulfide) groups is 1. The highest BCUT2D eigenvalue weighted by Gasteiger charge is 2.15. The van der Waals surface area contributed by atoms with Crippen molar-refractivity contribution >= 4 is 39.2 Å². The molecule has 4 aromatic rings. The Morgan fingerprint density at radius 3 is 2.67 bits per heavy atom. The second-order valence-electron chi connectivity index (χ2n) is 6.72. The highest BCUT2D eigenvalue weighted by atomic mass is 32.2. The predicted octanol–water partition coefficient (Wildman–Crippen LogP) is 5.12. The van der Waals surface area contributed by atoms with Crippen LogP contribution in [0, 0.1) is 0 Å². The fourth-order valence-corrected chi connectivity index (χ4v) is 5.09. The number of amides is 1. The molecule has 0 aliphatic carbocycles. The van der Waals surface area contributed by atoms with Crippen LogP contribution < -0.4 is 4.74 Å². The molecule has 7 heteroatoms. The van der Waals surface area contributed by atoms with Gasteiger partial charge in [-0.2, -0.15) is 0 Å². The molecule has 0 saturated heterocycles. The summed E-state index contributed by atoms with van der Waals surface area (Å²) in [5.74, 6) is 1.14. The van der Waals surface area contributed by atoms with Gasteiger partial charge in [-0.3, -0.25) is 4.79 Å². The average molecular weight is 436 g/mol. The Balaban J connectivity index is 1.46. The Kier molecular flexibility index (Phi) is 6.30. The molecule has 0 aliphatic heterocycles. The predicted molar refractivity (Wildman–Crippen MR) is 123 cm³/mol. The van der Waals surface area contributed by atoms with Crippen molar-refractivity contribution in [2.75, 3.05) is 19.9 Å². The molecule has 0 saturated carbocycles.